The van der Waals surface area contributed by atoms with Crippen LogP contribution in [0.3, 0.4) is 0 Å². The standard InChI is InChI=1S/C55H51N3O10/c1-35-32-58(53(61)57-51(35)59)50-31-48(49(67-50)34-66-55(37-16-8-5-9-17-37,38-22-26-40(63-2)27-23-38)39-24-28-41(64-3)29-25-39)68-52(60)47(30-36-14-6-4-7-15-36)56-54(62)65-33-46-44-20-12-10-18-42(44)43-19-11-13-21-45(43)46/h4-29,32,46-50H,30-31,33-34H2,1-3H3,(H,56,62)(H,57,59,61)/t47-,48-,49+,50+/m0/s1. The number of hydrogen-bond donors (Lipinski definition) is 2. The lowest BCUT2D eigenvalue weighted by atomic mass is 9.80. The van der Waals surface area contributed by atoms with Crippen LogP contribution in [0.2, 0.25) is 0 Å². The Hall–Kier alpha value is -7.74. The molecule has 1 saturated heterocycles. The molecule has 6 aromatic carbocycles. The summed E-state index contributed by atoms with van der Waals surface area (Å²) in [6, 6.07) is 49.0. The third-order valence-corrected chi connectivity index (χ3v) is 12.7. The summed E-state index contributed by atoms with van der Waals surface area (Å²) in [5, 5.41) is 2.81. The first-order valence-corrected chi connectivity index (χ1v) is 22.5. The molecule has 2 aliphatic rings. The van der Waals surface area contributed by atoms with Crippen LogP contribution in [0.15, 0.2) is 174 Å². The molecule has 1 aliphatic heterocycles. The lowest BCUT2D eigenvalue weighted by Gasteiger charge is -2.37. The molecule has 1 aromatic heterocycles. The predicted molar refractivity (Wildman–Crippen MR) is 255 cm³/mol. The minimum atomic E-state index is -1.26. The number of carbonyl (C=O) groups is 2. The van der Waals surface area contributed by atoms with Crippen LogP contribution in [0.4, 0.5) is 4.79 Å². The van der Waals surface area contributed by atoms with Gasteiger partial charge in [0.1, 0.15) is 48.2 Å². The molecule has 7 aromatic rings. The molecule has 1 aliphatic carbocycles. The van der Waals surface area contributed by atoms with Gasteiger partial charge in [0.05, 0.1) is 20.8 Å². The summed E-state index contributed by atoms with van der Waals surface area (Å²) < 4.78 is 38.5. The van der Waals surface area contributed by atoms with Gasteiger partial charge in [0.25, 0.3) is 5.56 Å². The van der Waals surface area contributed by atoms with Crippen molar-refractivity contribution in [3.05, 3.63) is 224 Å². The highest BCUT2D eigenvalue weighted by molar-refractivity contribution is 5.82. The summed E-state index contributed by atoms with van der Waals surface area (Å²) in [7, 11) is 3.20. The van der Waals surface area contributed by atoms with Gasteiger partial charge in [-0.3, -0.25) is 14.3 Å². The Kier molecular flexibility index (Phi) is 13.4. The number of aryl methyl sites for hydroxylation is 1. The lowest BCUT2D eigenvalue weighted by molar-refractivity contribution is -0.158. The first-order valence-electron chi connectivity index (χ1n) is 22.5. The number of carbonyl (C=O) groups excluding carboxylic acids is 2. The summed E-state index contributed by atoms with van der Waals surface area (Å²) in [5.41, 5.74) is 5.20. The Morgan fingerprint density at radius 3 is 1.85 bits per heavy atom. The van der Waals surface area contributed by atoms with E-state index in [-0.39, 0.29) is 32.0 Å². The van der Waals surface area contributed by atoms with Gasteiger partial charge in [-0.15, -0.1) is 0 Å². The first kappa shape index (κ1) is 45.4. The monoisotopic (exact) mass is 913 g/mol. The molecule has 0 spiro atoms. The molecular weight excluding hydrogens is 863 g/mol. The van der Waals surface area contributed by atoms with Crippen molar-refractivity contribution in [2.45, 2.75) is 55.8 Å². The zero-order chi connectivity index (χ0) is 47.2. The molecule has 1 fully saturated rings. The van der Waals surface area contributed by atoms with E-state index in [1.54, 1.807) is 21.1 Å². The highest BCUT2D eigenvalue weighted by Crippen LogP contribution is 2.45. The fourth-order valence-electron chi connectivity index (χ4n) is 9.28. The van der Waals surface area contributed by atoms with Gasteiger partial charge in [0.15, 0.2) is 0 Å². The Labute approximate surface area is 393 Å². The fraction of sp³-hybridized carbons (Fsp3) is 0.236. The maximum Gasteiger partial charge on any atom is 0.407 e. The number of esters is 1. The van der Waals surface area contributed by atoms with E-state index in [0.717, 1.165) is 44.5 Å². The number of ether oxygens (including phenoxy) is 6. The zero-order valence-corrected chi connectivity index (χ0v) is 37.8. The van der Waals surface area contributed by atoms with Gasteiger partial charge in [-0.1, -0.05) is 133 Å². The molecule has 4 atom stereocenters. The summed E-state index contributed by atoms with van der Waals surface area (Å²) in [6.45, 7) is 1.48. The molecule has 1 amide bonds. The van der Waals surface area contributed by atoms with Crippen LogP contribution in [0.1, 0.15) is 57.5 Å². The number of aromatic amines is 1. The number of nitrogens with one attached hydrogen (secondary N) is 2. The van der Waals surface area contributed by atoms with Gasteiger partial charge in [-0.2, -0.15) is 0 Å². The smallest absolute Gasteiger partial charge is 0.407 e. The van der Waals surface area contributed by atoms with Crippen molar-refractivity contribution in [3.8, 4) is 22.6 Å². The molecule has 2 N–H and O–H groups in total. The molecule has 13 nitrogen and oxygen atoms in total. The lowest BCUT2D eigenvalue weighted by Crippen LogP contribution is -2.46. The van der Waals surface area contributed by atoms with Crippen LogP contribution < -0.4 is 26.0 Å². The van der Waals surface area contributed by atoms with Crippen LogP contribution in [-0.4, -0.2) is 67.3 Å². The number of alkyl carbamates (subject to hydrolysis) is 1. The molecule has 0 radical (unpaired) electrons. The van der Waals surface area contributed by atoms with Crippen LogP contribution in [0.25, 0.3) is 11.1 Å². The number of aromatic nitrogens is 2. The number of benzene rings is 6. The first-order chi connectivity index (χ1) is 33.1. The van der Waals surface area contributed by atoms with E-state index in [1.165, 1.54) is 10.8 Å². The number of fused-ring (bicyclic) bond motifs is 3. The highest BCUT2D eigenvalue weighted by Gasteiger charge is 2.45. The summed E-state index contributed by atoms with van der Waals surface area (Å²) in [6.07, 6.45) is -2.20. The van der Waals surface area contributed by atoms with Crippen molar-refractivity contribution in [3.63, 3.8) is 0 Å². The molecule has 0 bridgehead atoms. The molecule has 0 saturated carbocycles. The minimum absolute atomic E-state index is 0.0115. The van der Waals surface area contributed by atoms with Crippen LogP contribution in [0, 0.1) is 6.92 Å². The summed E-state index contributed by atoms with van der Waals surface area (Å²) in [5.74, 6) is 0.363. The van der Waals surface area contributed by atoms with E-state index in [4.69, 9.17) is 28.4 Å². The topological polar surface area (TPSA) is 156 Å². The maximum absolute atomic E-state index is 14.6. The van der Waals surface area contributed by atoms with Gasteiger partial charge in [0, 0.05) is 30.5 Å². The molecule has 68 heavy (non-hydrogen) atoms. The van der Waals surface area contributed by atoms with Crippen molar-refractivity contribution < 1.29 is 38.0 Å². The molecular formula is C55H51N3O10. The van der Waals surface area contributed by atoms with Crippen molar-refractivity contribution in [2.24, 2.45) is 0 Å². The highest BCUT2D eigenvalue weighted by atomic mass is 16.6. The quantitative estimate of drug-likeness (QED) is 0.0716. The number of hydrogen-bond acceptors (Lipinski definition) is 10. The van der Waals surface area contributed by atoms with Gasteiger partial charge < -0.3 is 33.7 Å². The van der Waals surface area contributed by atoms with Gasteiger partial charge in [0.2, 0.25) is 0 Å². The van der Waals surface area contributed by atoms with Gasteiger partial charge >= 0.3 is 17.8 Å². The number of rotatable bonds is 16. The number of methoxy groups -OCH3 is 2. The van der Waals surface area contributed by atoms with Crippen molar-refractivity contribution in [2.75, 3.05) is 27.4 Å². The Morgan fingerprint density at radius 1 is 0.721 bits per heavy atom. The SMILES string of the molecule is COc1ccc(C(OC[C@H]2O[C@@H](n3cc(C)c(=O)[nH]c3=O)C[C@@H]2OC(=O)[C@H](Cc2ccccc2)NC(=O)OCC2c3ccccc3-c3ccccc32)(c2ccccc2)c2ccc(OC)cc2)cc1. The minimum Gasteiger partial charge on any atom is -0.497 e. The second-order valence-electron chi connectivity index (χ2n) is 16.8. The third kappa shape index (κ3) is 9.31. The number of nitrogens with zero attached hydrogens (tertiary/aromatic N) is 1. The van der Waals surface area contributed by atoms with E-state index in [1.807, 2.05) is 146 Å². The zero-order valence-electron chi connectivity index (χ0n) is 37.8. The largest absolute Gasteiger partial charge is 0.497 e. The number of amides is 1. The second-order valence-corrected chi connectivity index (χ2v) is 16.8. The molecule has 2 heterocycles. The van der Waals surface area contributed by atoms with Crippen LogP contribution >= 0.6 is 0 Å². The van der Waals surface area contributed by atoms with Gasteiger partial charge in [-0.05, 0) is 75.7 Å². The molecule has 9 rings (SSSR count). The summed E-state index contributed by atoms with van der Waals surface area (Å²) >= 11 is 0. The predicted octanol–water partition coefficient (Wildman–Crippen LogP) is 8.22. The molecule has 13 heteroatoms. The normalized spacial score (nSPS) is 16.8. The average Bonchev–Trinajstić information content (AvgIpc) is 3.93. The van der Waals surface area contributed by atoms with Crippen molar-refractivity contribution in [1.82, 2.24) is 14.9 Å². The Morgan fingerprint density at radius 2 is 1.26 bits per heavy atom. The van der Waals surface area contributed by atoms with Crippen LogP contribution in [-0.2, 0) is 35.8 Å². The number of H-pyrrole nitrogens is 1. The maximum atomic E-state index is 14.6. The third-order valence-electron chi connectivity index (χ3n) is 12.7. The average molecular weight is 914 g/mol. The van der Waals surface area contributed by atoms with E-state index in [9.17, 15) is 19.2 Å². The Balaban J connectivity index is 1.03. The van der Waals surface area contributed by atoms with Crippen molar-refractivity contribution in [1.29, 1.82) is 0 Å². The van der Waals surface area contributed by atoms with E-state index < -0.39 is 53.4 Å². The Bertz CT molecular complexity index is 2900. The second kappa shape index (κ2) is 20.0. The fourth-order valence-corrected chi connectivity index (χ4v) is 9.28. The van der Waals surface area contributed by atoms with Crippen LogP contribution in [0.5, 0.6) is 11.5 Å². The van der Waals surface area contributed by atoms with E-state index in [0.29, 0.717) is 17.1 Å². The summed E-state index contributed by atoms with van der Waals surface area (Å²) in [4.78, 5) is 56.6. The van der Waals surface area contributed by atoms with Gasteiger partial charge in [-0.25, -0.2) is 14.4 Å². The molecule has 0 unspecified atom stereocenters. The van der Waals surface area contributed by atoms with Crippen molar-refractivity contribution >= 4 is 12.1 Å². The van der Waals surface area contributed by atoms with E-state index >= 15 is 0 Å². The molecule has 346 valence electrons. The van der Waals surface area contributed by atoms with E-state index in [2.05, 4.69) is 22.4 Å².